The highest BCUT2D eigenvalue weighted by Gasteiger charge is 2.20. The van der Waals surface area contributed by atoms with Crippen molar-refractivity contribution in [1.82, 2.24) is 20.2 Å². The largest absolute Gasteiger partial charge is 0.376 e. The average Bonchev–Trinajstić information content (AvgIpc) is 2.91. The van der Waals surface area contributed by atoms with Crippen molar-refractivity contribution in [2.75, 3.05) is 6.61 Å². The molecule has 2 heterocycles. The van der Waals surface area contributed by atoms with Gasteiger partial charge in [-0.15, -0.1) is 5.10 Å². The summed E-state index contributed by atoms with van der Waals surface area (Å²) in [6, 6.07) is 0. The standard InChI is InChI=1S/C10H16N4O2S/c1-7(15)8(2)17-10-11-12-13-14(10)6-9-4-3-5-16-9/h8-9H,3-6H2,1-2H3. The molecule has 2 unspecified atom stereocenters. The van der Waals surface area contributed by atoms with E-state index in [9.17, 15) is 4.79 Å². The van der Waals surface area contributed by atoms with Gasteiger partial charge in [0.2, 0.25) is 5.16 Å². The van der Waals surface area contributed by atoms with Crippen LogP contribution in [0.1, 0.15) is 26.7 Å². The maximum atomic E-state index is 11.2. The zero-order chi connectivity index (χ0) is 12.3. The Morgan fingerprint density at radius 2 is 2.53 bits per heavy atom. The van der Waals surface area contributed by atoms with Gasteiger partial charge >= 0.3 is 0 Å². The van der Waals surface area contributed by atoms with E-state index in [4.69, 9.17) is 4.74 Å². The minimum atomic E-state index is -0.121. The summed E-state index contributed by atoms with van der Waals surface area (Å²) in [4.78, 5) is 11.2. The Labute approximate surface area is 104 Å². The van der Waals surface area contributed by atoms with Crippen molar-refractivity contribution in [3.63, 3.8) is 0 Å². The number of nitrogens with zero attached hydrogens (tertiary/aromatic N) is 4. The molecule has 1 fully saturated rings. The first-order valence-corrected chi connectivity index (χ1v) is 6.59. The van der Waals surface area contributed by atoms with Crippen molar-refractivity contribution in [2.24, 2.45) is 0 Å². The number of aromatic nitrogens is 4. The maximum absolute atomic E-state index is 11.2. The molecule has 6 nitrogen and oxygen atoms in total. The Morgan fingerprint density at radius 1 is 1.71 bits per heavy atom. The van der Waals surface area contributed by atoms with E-state index in [2.05, 4.69) is 15.5 Å². The second-order valence-corrected chi connectivity index (χ2v) is 5.46. The molecule has 0 spiro atoms. The van der Waals surface area contributed by atoms with Crippen molar-refractivity contribution in [2.45, 2.75) is 49.7 Å². The first-order chi connectivity index (χ1) is 8.16. The summed E-state index contributed by atoms with van der Waals surface area (Å²) in [5.74, 6) is 0.127. The summed E-state index contributed by atoms with van der Waals surface area (Å²) in [7, 11) is 0. The highest BCUT2D eigenvalue weighted by Crippen LogP contribution is 2.22. The molecule has 17 heavy (non-hydrogen) atoms. The third-order valence-corrected chi connectivity index (χ3v) is 3.94. The number of rotatable bonds is 5. The van der Waals surface area contributed by atoms with E-state index in [-0.39, 0.29) is 17.1 Å². The van der Waals surface area contributed by atoms with Crippen LogP contribution in [0.25, 0.3) is 0 Å². The van der Waals surface area contributed by atoms with Crippen LogP contribution in [0.3, 0.4) is 0 Å². The molecule has 0 bridgehead atoms. The van der Waals surface area contributed by atoms with Crippen molar-refractivity contribution < 1.29 is 9.53 Å². The van der Waals surface area contributed by atoms with E-state index in [1.165, 1.54) is 11.8 Å². The minimum Gasteiger partial charge on any atom is -0.376 e. The second-order valence-electron chi connectivity index (χ2n) is 4.15. The molecule has 2 rings (SSSR count). The fraction of sp³-hybridized carbons (Fsp3) is 0.800. The van der Waals surface area contributed by atoms with E-state index >= 15 is 0 Å². The predicted molar refractivity (Wildman–Crippen MR) is 62.8 cm³/mol. The van der Waals surface area contributed by atoms with Crippen LogP contribution in [0.4, 0.5) is 0 Å². The molecule has 2 atom stereocenters. The Bertz CT molecular complexity index is 389. The Balaban J connectivity index is 1.98. The second kappa shape index (κ2) is 5.59. The zero-order valence-corrected chi connectivity index (χ0v) is 10.8. The Hall–Kier alpha value is -0.950. The summed E-state index contributed by atoms with van der Waals surface area (Å²) >= 11 is 1.39. The molecule has 1 aliphatic rings. The lowest BCUT2D eigenvalue weighted by atomic mass is 10.2. The van der Waals surface area contributed by atoms with E-state index in [1.54, 1.807) is 11.6 Å². The predicted octanol–water partition coefficient (Wildman–Crippen LogP) is 0.922. The van der Waals surface area contributed by atoms with E-state index in [0.29, 0.717) is 11.7 Å². The SMILES string of the molecule is CC(=O)C(C)Sc1nnnn1CC1CCCO1. The van der Waals surface area contributed by atoms with Crippen LogP contribution in [0.2, 0.25) is 0 Å². The van der Waals surface area contributed by atoms with Gasteiger partial charge in [-0.2, -0.15) is 0 Å². The van der Waals surface area contributed by atoms with Crippen molar-refractivity contribution in [1.29, 1.82) is 0 Å². The summed E-state index contributed by atoms with van der Waals surface area (Å²) in [5, 5.41) is 12.1. The summed E-state index contributed by atoms with van der Waals surface area (Å²) < 4.78 is 7.26. The number of hydrogen-bond donors (Lipinski definition) is 0. The van der Waals surface area contributed by atoms with Gasteiger partial charge in [-0.25, -0.2) is 4.68 Å². The lowest BCUT2D eigenvalue weighted by Crippen LogP contribution is -2.18. The highest BCUT2D eigenvalue weighted by atomic mass is 32.2. The monoisotopic (exact) mass is 256 g/mol. The molecule has 0 radical (unpaired) electrons. The average molecular weight is 256 g/mol. The van der Waals surface area contributed by atoms with Crippen LogP contribution in [0.5, 0.6) is 0 Å². The molecule has 0 N–H and O–H groups in total. The molecule has 1 aliphatic heterocycles. The van der Waals surface area contributed by atoms with Gasteiger partial charge in [0.25, 0.3) is 0 Å². The summed E-state index contributed by atoms with van der Waals surface area (Å²) in [6.07, 6.45) is 2.34. The van der Waals surface area contributed by atoms with Gasteiger partial charge in [0, 0.05) is 6.61 Å². The Kier molecular flexibility index (Phi) is 4.11. The normalized spacial score (nSPS) is 21.6. The molecule has 0 amide bonds. The fourth-order valence-electron chi connectivity index (χ4n) is 1.62. The topological polar surface area (TPSA) is 69.9 Å². The van der Waals surface area contributed by atoms with Gasteiger partial charge in [0.05, 0.1) is 17.9 Å². The summed E-state index contributed by atoms with van der Waals surface area (Å²) in [5.41, 5.74) is 0. The van der Waals surface area contributed by atoms with Gasteiger partial charge in [0.1, 0.15) is 5.78 Å². The van der Waals surface area contributed by atoms with E-state index < -0.39 is 0 Å². The minimum absolute atomic E-state index is 0.121. The van der Waals surface area contributed by atoms with Gasteiger partial charge in [0.15, 0.2) is 0 Å². The first-order valence-electron chi connectivity index (χ1n) is 5.71. The third kappa shape index (κ3) is 3.26. The number of carbonyl (C=O) groups excluding carboxylic acids is 1. The molecular formula is C10H16N4O2S. The van der Waals surface area contributed by atoms with Crippen LogP contribution >= 0.6 is 11.8 Å². The quantitative estimate of drug-likeness (QED) is 0.730. The summed E-state index contributed by atoms with van der Waals surface area (Å²) in [6.45, 7) is 4.92. The lowest BCUT2D eigenvalue weighted by Gasteiger charge is -2.11. The molecule has 1 aromatic heterocycles. The molecule has 1 saturated heterocycles. The maximum Gasteiger partial charge on any atom is 0.210 e. The Morgan fingerprint density at radius 3 is 3.18 bits per heavy atom. The van der Waals surface area contributed by atoms with Gasteiger partial charge in [-0.1, -0.05) is 11.8 Å². The smallest absolute Gasteiger partial charge is 0.210 e. The third-order valence-electron chi connectivity index (χ3n) is 2.75. The van der Waals surface area contributed by atoms with Crippen LogP contribution in [-0.2, 0) is 16.1 Å². The molecule has 1 aromatic rings. The zero-order valence-electron chi connectivity index (χ0n) is 10.00. The van der Waals surface area contributed by atoms with Crippen LogP contribution in [-0.4, -0.2) is 44.0 Å². The van der Waals surface area contributed by atoms with Crippen molar-refractivity contribution in [3.8, 4) is 0 Å². The molecule has 0 saturated carbocycles. The van der Waals surface area contributed by atoms with Crippen molar-refractivity contribution in [3.05, 3.63) is 0 Å². The highest BCUT2D eigenvalue weighted by molar-refractivity contribution is 8.00. The molecule has 0 aromatic carbocycles. The first kappa shape index (κ1) is 12.5. The number of tetrazole rings is 1. The van der Waals surface area contributed by atoms with Gasteiger partial charge in [-0.3, -0.25) is 4.79 Å². The molecule has 7 heteroatoms. The van der Waals surface area contributed by atoms with Gasteiger partial charge in [-0.05, 0) is 37.1 Å². The van der Waals surface area contributed by atoms with Crippen LogP contribution in [0, 0.1) is 0 Å². The molecule has 0 aliphatic carbocycles. The van der Waals surface area contributed by atoms with E-state index in [1.807, 2.05) is 6.92 Å². The van der Waals surface area contributed by atoms with Crippen molar-refractivity contribution >= 4 is 17.5 Å². The number of ether oxygens (including phenoxy) is 1. The van der Waals surface area contributed by atoms with Crippen LogP contribution in [0.15, 0.2) is 5.16 Å². The lowest BCUT2D eigenvalue weighted by molar-refractivity contribution is -0.116. The van der Waals surface area contributed by atoms with E-state index in [0.717, 1.165) is 19.4 Å². The number of hydrogen-bond acceptors (Lipinski definition) is 6. The number of Topliss-reactive ketones (excluding diaryl/α,β-unsaturated/α-hetero) is 1. The number of thioether (sulfide) groups is 1. The molecular weight excluding hydrogens is 240 g/mol. The van der Waals surface area contributed by atoms with Crippen LogP contribution < -0.4 is 0 Å². The molecule has 94 valence electrons. The number of ketones is 1. The van der Waals surface area contributed by atoms with Gasteiger partial charge < -0.3 is 4.74 Å². The fourth-order valence-corrected chi connectivity index (χ4v) is 2.42. The number of carbonyl (C=O) groups is 1.